The summed E-state index contributed by atoms with van der Waals surface area (Å²) in [6.45, 7) is 2.15. The SMILES string of the molecule is CCc1ccc(C(CSc2ccccc2F)NC)cc1. The van der Waals surface area contributed by atoms with Crippen molar-refractivity contribution >= 4 is 11.8 Å². The Kier molecular flexibility index (Phi) is 5.62. The van der Waals surface area contributed by atoms with Gasteiger partial charge in [-0.15, -0.1) is 11.8 Å². The molecule has 0 aliphatic rings. The lowest BCUT2D eigenvalue weighted by molar-refractivity contribution is 0.601. The largest absolute Gasteiger partial charge is 0.312 e. The zero-order valence-electron chi connectivity index (χ0n) is 11.9. The molecule has 0 radical (unpaired) electrons. The predicted octanol–water partition coefficient (Wildman–Crippen LogP) is 4.44. The molecule has 1 N–H and O–H groups in total. The van der Waals surface area contributed by atoms with Crippen molar-refractivity contribution in [1.29, 1.82) is 0 Å². The van der Waals surface area contributed by atoms with Crippen LogP contribution in [-0.2, 0) is 6.42 Å². The number of thioether (sulfide) groups is 1. The van der Waals surface area contributed by atoms with Crippen molar-refractivity contribution in [3.05, 3.63) is 65.5 Å². The highest BCUT2D eigenvalue weighted by molar-refractivity contribution is 7.99. The highest BCUT2D eigenvalue weighted by Crippen LogP contribution is 2.26. The van der Waals surface area contributed by atoms with Gasteiger partial charge in [0, 0.05) is 16.7 Å². The summed E-state index contributed by atoms with van der Waals surface area (Å²) in [5.74, 6) is 0.664. The van der Waals surface area contributed by atoms with Gasteiger partial charge in [-0.1, -0.05) is 43.3 Å². The van der Waals surface area contributed by atoms with Gasteiger partial charge in [0.25, 0.3) is 0 Å². The van der Waals surface area contributed by atoms with Crippen molar-refractivity contribution < 1.29 is 4.39 Å². The number of hydrogen-bond donors (Lipinski definition) is 1. The Morgan fingerprint density at radius 1 is 1.10 bits per heavy atom. The van der Waals surface area contributed by atoms with Crippen LogP contribution in [0.1, 0.15) is 24.1 Å². The zero-order valence-corrected chi connectivity index (χ0v) is 12.7. The molecule has 1 nitrogen and oxygen atoms in total. The summed E-state index contributed by atoms with van der Waals surface area (Å²) < 4.78 is 13.6. The number of rotatable bonds is 6. The minimum Gasteiger partial charge on any atom is -0.312 e. The van der Waals surface area contributed by atoms with Gasteiger partial charge in [0.2, 0.25) is 0 Å². The van der Waals surface area contributed by atoms with E-state index in [0.29, 0.717) is 4.90 Å². The first-order valence-electron chi connectivity index (χ1n) is 6.88. The Morgan fingerprint density at radius 2 is 1.80 bits per heavy atom. The standard InChI is InChI=1S/C17H20FNS/c1-3-13-8-10-14(11-9-13)16(19-2)12-20-17-7-5-4-6-15(17)18/h4-11,16,19H,3,12H2,1-2H3. The van der Waals surface area contributed by atoms with Crippen molar-refractivity contribution in [2.75, 3.05) is 12.8 Å². The van der Waals surface area contributed by atoms with Gasteiger partial charge in [0.05, 0.1) is 0 Å². The van der Waals surface area contributed by atoms with E-state index in [4.69, 9.17) is 0 Å². The van der Waals surface area contributed by atoms with Crippen LogP contribution >= 0.6 is 11.8 Å². The molecule has 2 aromatic rings. The van der Waals surface area contributed by atoms with Crippen LogP contribution in [0.25, 0.3) is 0 Å². The molecule has 20 heavy (non-hydrogen) atoms. The van der Waals surface area contributed by atoms with Crippen molar-refractivity contribution in [2.45, 2.75) is 24.3 Å². The molecule has 0 saturated heterocycles. The molecule has 2 aromatic carbocycles. The summed E-state index contributed by atoms with van der Waals surface area (Å²) in [6.07, 6.45) is 1.05. The van der Waals surface area contributed by atoms with Crippen molar-refractivity contribution in [3.8, 4) is 0 Å². The topological polar surface area (TPSA) is 12.0 Å². The summed E-state index contributed by atoms with van der Waals surface area (Å²) >= 11 is 1.55. The second-order valence-electron chi connectivity index (χ2n) is 4.68. The number of aryl methyl sites for hydroxylation is 1. The average molecular weight is 289 g/mol. The Bertz CT molecular complexity index is 539. The van der Waals surface area contributed by atoms with Crippen LogP contribution in [0.5, 0.6) is 0 Å². The van der Waals surface area contributed by atoms with Gasteiger partial charge in [-0.3, -0.25) is 0 Å². The van der Waals surface area contributed by atoms with Gasteiger partial charge >= 0.3 is 0 Å². The molecule has 0 aliphatic heterocycles. The normalized spacial score (nSPS) is 12.3. The summed E-state index contributed by atoms with van der Waals surface area (Å²) in [7, 11) is 1.94. The highest BCUT2D eigenvalue weighted by Gasteiger charge is 2.11. The molecule has 3 heteroatoms. The van der Waals surface area contributed by atoms with Crippen LogP contribution < -0.4 is 5.32 Å². The van der Waals surface area contributed by atoms with E-state index in [0.717, 1.165) is 12.2 Å². The lowest BCUT2D eigenvalue weighted by Gasteiger charge is -2.17. The second kappa shape index (κ2) is 7.46. The molecule has 0 bridgehead atoms. The van der Waals surface area contributed by atoms with E-state index < -0.39 is 0 Å². The van der Waals surface area contributed by atoms with E-state index in [1.54, 1.807) is 17.8 Å². The van der Waals surface area contributed by atoms with E-state index in [2.05, 4.69) is 36.5 Å². The summed E-state index contributed by atoms with van der Waals surface area (Å²) in [5.41, 5.74) is 2.58. The monoisotopic (exact) mass is 289 g/mol. The van der Waals surface area contributed by atoms with Crippen molar-refractivity contribution in [2.24, 2.45) is 0 Å². The molecule has 1 atom stereocenters. The van der Waals surface area contributed by atoms with Gasteiger partial charge < -0.3 is 5.32 Å². The number of halogens is 1. The fourth-order valence-corrected chi connectivity index (χ4v) is 3.15. The highest BCUT2D eigenvalue weighted by atomic mass is 32.2. The Morgan fingerprint density at radius 3 is 2.40 bits per heavy atom. The predicted molar refractivity (Wildman–Crippen MR) is 84.7 cm³/mol. The molecule has 0 spiro atoms. The van der Waals surface area contributed by atoms with Gasteiger partial charge in [0.1, 0.15) is 5.82 Å². The number of benzene rings is 2. The van der Waals surface area contributed by atoms with E-state index >= 15 is 0 Å². The molecule has 0 heterocycles. The smallest absolute Gasteiger partial charge is 0.136 e. The Balaban J connectivity index is 2.03. The third-order valence-electron chi connectivity index (χ3n) is 3.38. The summed E-state index contributed by atoms with van der Waals surface area (Å²) in [5, 5.41) is 3.30. The molecular weight excluding hydrogens is 269 g/mol. The molecule has 0 amide bonds. The fourth-order valence-electron chi connectivity index (χ4n) is 2.07. The Labute approximate surface area is 124 Å². The first-order chi connectivity index (χ1) is 9.74. The molecule has 0 saturated carbocycles. The third kappa shape index (κ3) is 3.84. The quantitative estimate of drug-likeness (QED) is 0.789. The lowest BCUT2D eigenvalue weighted by atomic mass is 10.1. The van der Waals surface area contributed by atoms with Crippen molar-refractivity contribution in [1.82, 2.24) is 5.32 Å². The lowest BCUT2D eigenvalue weighted by Crippen LogP contribution is -2.18. The fraction of sp³-hybridized carbons (Fsp3) is 0.294. The molecule has 0 aliphatic carbocycles. The first-order valence-corrected chi connectivity index (χ1v) is 7.86. The summed E-state index contributed by atoms with van der Waals surface area (Å²) in [4.78, 5) is 0.706. The first kappa shape index (κ1) is 15.1. The average Bonchev–Trinajstić information content (AvgIpc) is 2.50. The third-order valence-corrected chi connectivity index (χ3v) is 4.52. The second-order valence-corrected chi connectivity index (χ2v) is 5.74. The van der Waals surface area contributed by atoms with Crippen LogP contribution in [0, 0.1) is 5.82 Å². The minimum atomic E-state index is -0.145. The maximum absolute atomic E-state index is 13.6. The number of hydrogen-bond acceptors (Lipinski definition) is 2. The van der Waals surface area contributed by atoms with Gasteiger partial charge in [0.15, 0.2) is 0 Å². The summed E-state index contributed by atoms with van der Waals surface area (Å²) in [6, 6.07) is 15.8. The van der Waals surface area contributed by atoms with Gasteiger partial charge in [-0.25, -0.2) is 4.39 Å². The van der Waals surface area contributed by atoms with Gasteiger partial charge in [-0.2, -0.15) is 0 Å². The molecule has 0 aromatic heterocycles. The minimum absolute atomic E-state index is 0.145. The molecule has 2 rings (SSSR count). The van der Waals surface area contributed by atoms with Crippen LogP contribution in [0.2, 0.25) is 0 Å². The zero-order chi connectivity index (χ0) is 14.4. The molecular formula is C17H20FNS. The van der Waals surface area contributed by atoms with Crippen LogP contribution in [-0.4, -0.2) is 12.8 Å². The molecule has 1 unspecified atom stereocenters. The van der Waals surface area contributed by atoms with E-state index in [1.165, 1.54) is 17.2 Å². The molecule has 106 valence electrons. The van der Waals surface area contributed by atoms with E-state index in [-0.39, 0.29) is 11.9 Å². The van der Waals surface area contributed by atoms with E-state index in [9.17, 15) is 4.39 Å². The maximum atomic E-state index is 13.6. The number of nitrogens with one attached hydrogen (secondary N) is 1. The Hall–Kier alpha value is -1.32. The van der Waals surface area contributed by atoms with Crippen LogP contribution in [0.4, 0.5) is 4.39 Å². The maximum Gasteiger partial charge on any atom is 0.136 e. The van der Waals surface area contributed by atoms with Crippen LogP contribution in [0.3, 0.4) is 0 Å². The van der Waals surface area contributed by atoms with Crippen molar-refractivity contribution in [3.63, 3.8) is 0 Å². The van der Waals surface area contributed by atoms with E-state index in [1.807, 2.05) is 19.2 Å². The van der Waals surface area contributed by atoms with Gasteiger partial charge in [-0.05, 0) is 36.7 Å². The van der Waals surface area contributed by atoms with Crippen LogP contribution in [0.15, 0.2) is 53.4 Å². The molecule has 0 fully saturated rings.